The molecule has 3 heteroatoms. The second-order valence-electron chi connectivity index (χ2n) is 4.71. The number of nitrogens with zero attached hydrogens (tertiary/aromatic N) is 1. The normalized spacial score (nSPS) is 15.1. The van der Waals surface area contributed by atoms with Crippen LogP contribution in [0.1, 0.15) is 18.4 Å². The van der Waals surface area contributed by atoms with Crippen LogP contribution in [0.3, 0.4) is 0 Å². The van der Waals surface area contributed by atoms with E-state index in [4.69, 9.17) is 5.11 Å². The molecule has 0 atom stereocenters. The number of anilines is 1. The van der Waals surface area contributed by atoms with Crippen molar-refractivity contribution in [1.29, 1.82) is 0 Å². The monoisotopic (exact) mass is 228 g/mol. The van der Waals surface area contributed by atoms with Gasteiger partial charge < -0.3 is 10.4 Å². The molecule has 0 unspecified atom stereocenters. The maximum Gasteiger partial charge on any atom is 0.126 e. The van der Waals surface area contributed by atoms with E-state index in [1.807, 2.05) is 24.3 Å². The molecule has 1 aromatic carbocycles. The number of aliphatic hydroxyl groups excluding tert-OH is 1. The van der Waals surface area contributed by atoms with Crippen molar-refractivity contribution in [3.05, 3.63) is 35.9 Å². The summed E-state index contributed by atoms with van der Waals surface area (Å²) in [6.07, 6.45) is 2.69. The first-order chi connectivity index (χ1) is 8.35. The number of aromatic nitrogens is 1. The van der Waals surface area contributed by atoms with Crippen LogP contribution in [0.15, 0.2) is 30.3 Å². The summed E-state index contributed by atoms with van der Waals surface area (Å²) in [4.78, 5) is 4.56. The number of nitrogens with one attached hydrogen (secondary N) is 1. The Morgan fingerprint density at radius 2 is 2.06 bits per heavy atom. The van der Waals surface area contributed by atoms with E-state index < -0.39 is 0 Å². The highest BCUT2D eigenvalue weighted by Crippen LogP contribution is 2.28. The van der Waals surface area contributed by atoms with Gasteiger partial charge >= 0.3 is 0 Å². The first kappa shape index (κ1) is 10.5. The van der Waals surface area contributed by atoms with Crippen molar-refractivity contribution in [2.45, 2.75) is 19.4 Å². The topological polar surface area (TPSA) is 45.1 Å². The highest BCUT2D eigenvalue weighted by atomic mass is 16.3. The van der Waals surface area contributed by atoms with E-state index in [-0.39, 0.29) is 6.61 Å². The van der Waals surface area contributed by atoms with Gasteiger partial charge in [0.15, 0.2) is 0 Å². The summed E-state index contributed by atoms with van der Waals surface area (Å²) in [5, 5.41) is 13.6. The molecular weight excluding hydrogens is 212 g/mol. The van der Waals surface area contributed by atoms with Gasteiger partial charge in [-0.25, -0.2) is 4.98 Å². The van der Waals surface area contributed by atoms with E-state index >= 15 is 0 Å². The lowest BCUT2D eigenvalue weighted by atomic mass is 10.1. The fourth-order valence-electron chi connectivity index (χ4n) is 1.93. The van der Waals surface area contributed by atoms with Crippen molar-refractivity contribution in [2.75, 3.05) is 11.9 Å². The summed E-state index contributed by atoms with van der Waals surface area (Å²) in [6.45, 7) is 1.09. The Balaban J connectivity index is 1.86. The highest BCUT2D eigenvalue weighted by molar-refractivity contribution is 5.80. The zero-order valence-electron chi connectivity index (χ0n) is 9.69. The van der Waals surface area contributed by atoms with Crippen LogP contribution in [0.2, 0.25) is 0 Å². The number of benzene rings is 1. The Morgan fingerprint density at radius 3 is 2.82 bits per heavy atom. The van der Waals surface area contributed by atoms with E-state index in [9.17, 15) is 0 Å². The minimum Gasteiger partial charge on any atom is -0.392 e. The third kappa shape index (κ3) is 2.39. The van der Waals surface area contributed by atoms with Crippen molar-refractivity contribution in [3.63, 3.8) is 0 Å². The second kappa shape index (κ2) is 4.34. The van der Waals surface area contributed by atoms with Crippen LogP contribution in [-0.2, 0) is 6.61 Å². The maximum atomic E-state index is 9.11. The summed E-state index contributed by atoms with van der Waals surface area (Å²) in [6, 6.07) is 9.96. The number of fused-ring (bicyclic) bond motifs is 1. The van der Waals surface area contributed by atoms with Crippen LogP contribution >= 0.6 is 0 Å². The number of hydrogen-bond acceptors (Lipinski definition) is 3. The van der Waals surface area contributed by atoms with Crippen LogP contribution in [0.4, 0.5) is 5.82 Å². The van der Waals surface area contributed by atoms with E-state index in [2.05, 4.69) is 16.4 Å². The third-order valence-electron chi connectivity index (χ3n) is 3.21. The molecule has 0 radical (unpaired) electrons. The van der Waals surface area contributed by atoms with Crippen molar-refractivity contribution in [1.82, 2.24) is 4.98 Å². The molecule has 1 fully saturated rings. The molecule has 1 heterocycles. The van der Waals surface area contributed by atoms with Gasteiger partial charge in [-0.1, -0.05) is 12.1 Å². The minimum absolute atomic E-state index is 0.0668. The van der Waals surface area contributed by atoms with Crippen molar-refractivity contribution < 1.29 is 5.11 Å². The molecule has 1 aliphatic rings. The molecule has 2 aromatic rings. The molecule has 3 rings (SSSR count). The molecule has 2 N–H and O–H groups in total. The summed E-state index contributed by atoms with van der Waals surface area (Å²) in [7, 11) is 0. The molecule has 0 saturated heterocycles. The number of pyridine rings is 1. The fraction of sp³-hybridized carbons (Fsp3) is 0.357. The smallest absolute Gasteiger partial charge is 0.126 e. The van der Waals surface area contributed by atoms with E-state index in [0.29, 0.717) is 0 Å². The lowest BCUT2D eigenvalue weighted by Crippen LogP contribution is -2.04. The third-order valence-corrected chi connectivity index (χ3v) is 3.21. The lowest BCUT2D eigenvalue weighted by molar-refractivity contribution is 0.282. The molecule has 1 aliphatic carbocycles. The summed E-state index contributed by atoms with van der Waals surface area (Å²) < 4.78 is 0. The summed E-state index contributed by atoms with van der Waals surface area (Å²) >= 11 is 0. The molecule has 0 aliphatic heterocycles. The van der Waals surface area contributed by atoms with Gasteiger partial charge in [-0.15, -0.1) is 0 Å². The van der Waals surface area contributed by atoms with Crippen LogP contribution < -0.4 is 5.32 Å². The van der Waals surface area contributed by atoms with Gasteiger partial charge in [-0.3, -0.25) is 0 Å². The largest absolute Gasteiger partial charge is 0.392 e. The zero-order chi connectivity index (χ0) is 11.7. The second-order valence-corrected chi connectivity index (χ2v) is 4.71. The summed E-state index contributed by atoms with van der Waals surface area (Å²) in [5.41, 5.74) is 1.85. The summed E-state index contributed by atoms with van der Waals surface area (Å²) in [5.74, 6) is 1.77. The molecule has 3 nitrogen and oxygen atoms in total. The molecule has 88 valence electrons. The first-order valence-electron chi connectivity index (χ1n) is 6.09. The zero-order valence-corrected chi connectivity index (χ0v) is 9.69. The van der Waals surface area contributed by atoms with Gasteiger partial charge in [0.25, 0.3) is 0 Å². The minimum atomic E-state index is 0.0668. The average Bonchev–Trinajstić information content (AvgIpc) is 3.19. The number of rotatable bonds is 4. The van der Waals surface area contributed by atoms with Gasteiger partial charge in [0.2, 0.25) is 0 Å². The standard InChI is InChI=1S/C14H16N2O/c17-9-11-3-4-12-5-6-14(16-13(12)7-11)15-8-10-1-2-10/h3-7,10,17H,1-2,8-9H2,(H,15,16). The van der Waals surface area contributed by atoms with Gasteiger partial charge in [0, 0.05) is 11.9 Å². The van der Waals surface area contributed by atoms with Gasteiger partial charge in [0.1, 0.15) is 5.82 Å². The van der Waals surface area contributed by atoms with Crippen molar-refractivity contribution >= 4 is 16.7 Å². The molecule has 0 spiro atoms. The molecule has 17 heavy (non-hydrogen) atoms. The van der Waals surface area contributed by atoms with Crippen LogP contribution in [0.5, 0.6) is 0 Å². The molecule has 0 bridgehead atoms. The number of aliphatic hydroxyl groups is 1. The van der Waals surface area contributed by atoms with Gasteiger partial charge in [0.05, 0.1) is 12.1 Å². The van der Waals surface area contributed by atoms with E-state index in [1.165, 1.54) is 12.8 Å². The van der Waals surface area contributed by atoms with Crippen LogP contribution in [-0.4, -0.2) is 16.6 Å². The van der Waals surface area contributed by atoms with E-state index in [0.717, 1.165) is 34.7 Å². The van der Waals surface area contributed by atoms with Crippen LogP contribution in [0.25, 0.3) is 10.9 Å². The fourth-order valence-corrected chi connectivity index (χ4v) is 1.93. The van der Waals surface area contributed by atoms with Gasteiger partial charge in [-0.2, -0.15) is 0 Å². The Kier molecular flexibility index (Phi) is 2.69. The van der Waals surface area contributed by atoms with E-state index in [1.54, 1.807) is 0 Å². The van der Waals surface area contributed by atoms with Crippen molar-refractivity contribution in [3.8, 4) is 0 Å². The molecular formula is C14H16N2O. The maximum absolute atomic E-state index is 9.11. The van der Waals surface area contributed by atoms with Crippen molar-refractivity contribution in [2.24, 2.45) is 5.92 Å². The van der Waals surface area contributed by atoms with Gasteiger partial charge in [-0.05, 0) is 42.5 Å². The Hall–Kier alpha value is -1.61. The SMILES string of the molecule is OCc1ccc2ccc(NCC3CC3)nc2c1. The predicted octanol–water partition coefficient (Wildman–Crippen LogP) is 2.55. The molecule has 1 aromatic heterocycles. The number of hydrogen-bond donors (Lipinski definition) is 2. The first-order valence-corrected chi connectivity index (χ1v) is 6.09. The molecule has 1 saturated carbocycles. The lowest BCUT2D eigenvalue weighted by Gasteiger charge is -2.06. The molecule has 0 amide bonds. The predicted molar refractivity (Wildman–Crippen MR) is 68.9 cm³/mol. The average molecular weight is 228 g/mol. The quantitative estimate of drug-likeness (QED) is 0.845. The Bertz CT molecular complexity index is 535. The Morgan fingerprint density at radius 1 is 1.24 bits per heavy atom. The highest BCUT2D eigenvalue weighted by Gasteiger charge is 2.20. The van der Waals surface area contributed by atoms with Crippen LogP contribution in [0, 0.1) is 5.92 Å². The Labute approximate surface area is 100 Å².